The number of rotatable bonds is 4. The maximum Gasteiger partial charge on any atom is 0.410 e. The number of ether oxygens (including phenoxy) is 1. The van der Waals surface area contributed by atoms with Crippen LogP contribution in [0.5, 0.6) is 0 Å². The van der Waals surface area contributed by atoms with Crippen LogP contribution in [0.4, 0.5) is 14.9 Å². The number of halogens is 1. The lowest BCUT2D eigenvalue weighted by atomic mass is 9.90. The number of hydrogen-bond acceptors (Lipinski definition) is 5. The first-order valence-corrected chi connectivity index (χ1v) is 13.6. The van der Waals surface area contributed by atoms with Gasteiger partial charge in [0.25, 0.3) is 5.91 Å². The van der Waals surface area contributed by atoms with Crippen LogP contribution in [0.15, 0.2) is 60.8 Å². The van der Waals surface area contributed by atoms with E-state index >= 15 is 0 Å². The number of para-hydroxylation sites is 1. The summed E-state index contributed by atoms with van der Waals surface area (Å²) in [5, 5.41) is 4.60. The lowest BCUT2D eigenvalue weighted by Crippen LogP contribution is -2.49. The number of benzene rings is 2. The quantitative estimate of drug-likeness (QED) is 0.467. The highest BCUT2D eigenvalue weighted by Gasteiger charge is 2.34. The van der Waals surface area contributed by atoms with Crippen LogP contribution >= 0.6 is 0 Å². The van der Waals surface area contributed by atoms with Gasteiger partial charge in [-0.1, -0.05) is 18.2 Å². The van der Waals surface area contributed by atoms with E-state index in [1.54, 1.807) is 27.9 Å². The number of carbonyl (C=O) groups is 2. The van der Waals surface area contributed by atoms with Crippen LogP contribution in [0.25, 0.3) is 5.69 Å². The number of hydrogen-bond donors (Lipinski definition) is 0. The molecule has 0 unspecified atom stereocenters. The molecule has 0 saturated carbocycles. The largest absolute Gasteiger partial charge is 0.444 e. The SMILES string of the molecule is CC(C)(C)OC(=O)N1CCC(c2c(C(=O)N3CCN(c4ccccc4)CC3)cnn2-c2ccc(F)cc2)CC1. The predicted octanol–water partition coefficient (Wildman–Crippen LogP) is 5.09. The summed E-state index contributed by atoms with van der Waals surface area (Å²) in [4.78, 5) is 32.4. The molecule has 8 nitrogen and oxygen atoms in total. The highest BCUT2D eigenvalue weighted by molar-refractivity contribution is 5.95. The fraction of sp³-hybridized carbons (Fsp3) is 0.433. The van der Waals surface area contributed by atoms with Crippen molar-refractivity contribution in [1.29, 1.82) is 0 Å². The molecule has 2 aliphatic rings. The van der Waals surface area contributed by atoms with Gasteiger partial charge in [0, 0.05) is 50.9 Å². The van der Waals surface area contributed by atoms with Crippen molar-refractivity contribution >= 4 is 17.7 Å². The van der Waals surface area contributed by atoms with Crippen molar-refractivity contribution in [2.45, 2.75) is 45.1 Å². The number of amides is 2. The third-order valence-electron chi connectivity index (χ3n) is 7.33. The van der Waals surface area contributed by atoms with E-state index in [9.17, 15) is 14.0 Å². The molecule has 0 radical (unpaired) electrons. The van der Waals surface area contributed by atoms with Crippen LogP contribution in [0, 0.1) is 5.82 Å². The molecule has 2 amide bonds. The zero-order valence-electron chi connectivity index (χ0n) is 22.8. The lowest BCUT2D eigenvalue weighted by Gasteiger charge is -2.37. The maximum atomic E-state index is 13.8. The Hall–Kier alpha value is -3.88. The topological polar surface area (TPSA) is 70.9 Å². The van der Waals surface area contributed by atoms with Gasteiger partial charge in [-0.15, -0.1) is 0 Å². The molecule has 2 aromatic carbocycles. The summed E-state index contributed by atoms with van der Waals surface area (Å²) in [5.74, 6) is -0.354. The van der Waals surface area contributed by atoms with Crippen LogP contribution in [-0.4, -0.2) is 76.5 Å². The first-order chi connectivity index (χ1) is 18.7. The number of anilines is 1. The van der Waals surface area contributed by atoms with Crippen LogP contribution in [0.1, 0.15) is 55.6 Å². The fourth-order valence-corrected chi connectivity index (χ4v) is 5.34. The van der Waals surface area contributed by atoms with E-state index in [2.05, 4.69) is 22.1 Å². The number of likely N-dealkylation sites (tertiary alicyclic amines) is 1. The Morgan fingerprint density at radius 2 is 1.49 bits per heavy atom. The Bertz CT molecular complexity index is 1290. The van der Waals surface area contributed by atoms with E-state index in [1.807, 2.05) is 43.9 Å². The number of piperidine rings is 1. The normalized spacial score (nSPS) is 16.9. The van der Waals surface area contributed by atoms with Crippen LogP contribution in [0.3, 0.4) is 0 Å². The lowest BCUT2D eigenvalue weighted by molar-refractivity contribution is 0.0203. The summed E-state index contributed by atoms with van der Waals surface area (Å²) in [6.07, 6.45) is 2.67. The van der Waals surface area contributed by atoms with Gasteiger partial charge in [0.05, 0.1) is 23.1 Å². The Balaban J connectivity index is 1.36. The molecule has 0 aliphatic carbocycles. The molecule has 0 bridgehead atoms. The molecule has 0 N–H and O–H groups in total. The third kappa shape index (κ3) is 6.08. The van der Waals surface area contributed by atoms with Crippen LogP contribution in [0.2, 0.25) is 0 Å². The average molecular weight is 534 g/mol. The second-order valence-electron chi connectivity index (χ2n) is 11.2. The van der Waals surface area contributed by atoms with Gasteiger partial charge < -0.3 is 19.4 Å². The van der Waals surface area contributed by atoms with E-state index < -0.39 is 5.60 Å². The minimum atomic E-state index is -0.556. The zero-order valence-corrected chi connectivity index (χ0v) is 22.8. The number of aromatic nitrogens is 2. The van der Waals surface area contributed by atoms with E-state index in [4.69, 9.17) is 4.74 Å². The molecule has 0 spiro atoms. The highest BCUT2D eigenvalue weighted by atomic mass is 19.1. The van der Waals surface area contributed by atoms with Gasteiger partial charge in [-0.05, 0) is 70.0 Å². The third-order valence-corrected chi connectivity index (χ3v) is 7.33. The van der Waals surface area contributed by atoms with Crippen molar-refractivity contribution in [2.75, 3.05) is 44.2 Å². The van der Waals surface area contributed by atoms with Crippen molar-refractivity contribution in [3.8, 4) is 5.69 Å². The van der Waals surface area contributed by atoms with E-state index in [0.29, 0.717) is 50.3 Å². The molecule has 5 rings (SSSR count). The molecule has 0 atom stereocenters. The molecule has 39 heavy (non-hydrogen) atoms. The van der Waals surface area contributed by atoms with Gasteiger partial charge >= 0.3 is 6.09 Å². The van der Waals surface area contributed by atoms with Gasteiger partial charge in [0.15, 0.2) is 0 Å². The average Bonchev–Trinajstić information content (AvgIpc) is 3.38. The number of piperazine rings is 1. The summed E-state index contributed by atoms with van der Waals surface area (Å²) in [6.45, 7) is 9.37. The van der Waals surface area contributed by atoms with E-state index in [-0.39, 0.29) is 23.7 Å². The van der Waals surface area contributed by atoms with Crippen LogP contribution in [-0.2, 0) is 4.74 Å². The summed E-state index contributed by atoms with van der Waals surface area (Å²) >= 11 is 0. The molecular formula is C30H36FN5O3. The highest BCUT2D eigenvalue weighted by Crippen LogP contribution is 2.33. The summed E-state index contributed by atoms with van der Waals surface area (Å²) in [5.41, 5.74) is 2.70. The molecule has 9 heteroatoms. The minimum Gasteiger partial charge on any atom is -0.444 e. The van der Waals surface area contributed by atoms with Gasteiger partial charge in [-0.3, -0.25) is 4.79 Å². The summed E-state index contributed by atoms with van der Waals surface area (Å²) in [7, 11) is 0. The van der Waals surface area contributed by atoms with Gasteiger partial charge in [-0.2, -0.15) is 5.10 Å². The molecule has 1 aromatic heterocycles. The van der Waals surface area contributed by atoms with Crippen molar-refractivity contribution in [3.05, 3.63) is 77.9 Å². The monoisotopic (exact) mass is 533 g/mol. The van der Waals surface area contributed by atoms with Gasteiger partial charge in [0.1, 0.15) is 11.4 Å². The molecule has 2 aliphatic heterocycles. The second-order valence-corrected chi connectivity index (χ2v) is 11.2. The number of nitrogens with zero attached hydrogens (tertiary/aromatic N) is 5. The van der Waals surface area contributed by atoms with Crippen molar-refractivity contribution < 1.29 is 18.7 Å². The molecule has 2 saturated heterocycles. The Morgan fingerprint density at radius 1 is 0.846 bits per heavy atom. The van der Waals surface area contributed by atoms with Crippen molar-refractivity contribution in [3.63, 3.8) is 0 Å². The Morgan fingerprint density at radius 3 is 2.10 bits per heavy atom. The fourth-order valence-electron chi connectivity index (χ4n) is 5.34. The molecular weight excluding hydrogens is 497 g/mol. The molecule has 2 fully saturated rings. The van der Waals surface area contributed by atoms with Crippen molar-refractivity contribution in [1.82, 2.24) is 19.6 Å². The minimum absolute atomic E-state index is 0.0146. The maximum absolute atomic E-state index is 13.8. The van der Waals surface area contributed by atoms with Crippen LogP contribution < -0.4 is 4.90 Å². The standard InChI is InChI=1S/C30H36FN5O3/c1-30(2,3)39-29(38)35-15-13-22(14-16-35)27-26(21-32-36(27)25-11-9-23(31)10-12-25)28(37)34-19-17-33(18-20-34)24-7-5-4-6-8-24/h4-12,21-22H,13-20H2,1-3H3. The molecule has 206 valence electrons. The first kappa shape index (κ1) is 26.7. The summed E-state index contributed by atoms with van der Waals surface area (Å²) < 4.78 is 21.0. The zero-order chi connectivity index (χ0) is 27.6. The first-order valence-electron chi connectivity index (χ1n) is 13.6. The number of carbonyl (C=O) groups excluding carboxylic acids is 2. The molecule has 3 heterocycles. The second kappa shape index (κ2) is 11.1. The Kier molecular flexibility index (Phi) is 7.59. The van der Waals surface area contributed by atoms with Crippen molar-refractivity contribution in [2.24, 2.45) is 0 Å². The molecule has 3 aromatic rings. The summed E-state index contributed by atoms with van der Waals surface area (Å²) in [6, 6.07) is 16.4. The van der Waals surface area contributed by atoms with Gasteiger partial charge in [0.2, 0.25) is 0 Å². The smallest absolute Gasteiger partial charge is 0.410 e. The Labute approximate surface area is 228 Å². The van der Waals surface area contributed by atoms with Gasteiger partial charge in [-0.25, -0.2) is 13.9 Å². The predicted molar refractivity (Wildman–Crippen MR) is 148 cm³/mol. The van der Waals surface area contributed by atoms with E-state index in [1.165, 1.54) is 12.1 Å². The van der Waals surface area contributed by atoms with E-state index in [0.717, 1.165) is 24.5 Å².